The number of nitrogens with two attached hydrogens (primary N) is 1. The number of aliphatic hydroxyl groups is 5. The van der Waals surface area contributed by atoms with Crippen molar-refractivity contribution < 1.29 is 49.7 Å². The molecule has 0 aliphatic heterocycles. The van der Waals surface area contributed by atoms with Crippen molar-refractivity contribution in [3.63, 3.8) is 0 Å². The van der Waals surface area contributed by atoms with Crippen LogP contribution in [-0.4, -0.2) is 95.4 Å². The molecule has 182 valence electrons. The molecule has 1 aromatic rings. The van der Waals surface area contributed by atoms with E-state index in [1.54, 1.807) is 18.2 Å². The number of ether oxygens (including phenoxy) is 2. The Morgan fingerprint density at radius 2 is 1.38 bits per heavy atom. The van der Waals surface area contributed by atoms with E-state index in [1.807, 2.05) is 0 Å². The summed E-state index contributed by atoms with van der Waals surface area (Å²) < 4.78 is 10.2. The predicted octanol–water partition coefficient (Wildman–Crippen LogP) is -0.976. The number of hydrogen-bond acceptors (Lipinski definition) is 10. The number of hydrogen-bond donors (Lipinski definition) is 7. The van der Waals surface area contributed by atoms with Crippen molar-refractivity contribution in [3.8, 4) is 0 Å². The molecule has 0 unspecified atom stereocenters. The van der Waals surface area contributed by atoms with E-state index in [0.29, 0.717) is 5.69 Å². The Hall–Kier alpha value is -2.54. The molecule has 0 fully saturated rings. The highest BCUT2D eigenvalue weighted by Crippen LogP contribution is 2.21. The van der Waals surface area contributed by atoms with Gasteiger partial charge in [-0.05, 0) is 19.1 Å². The van der Waals surface area contributed by atoms with E-state index < -0.39 is 55.8 Å². The van der Waals surface area contributed by atoms with Gasteiger partial charge in [0.05, 0.1) is 62.6 Å². The second-order valence-electron chi connectivity index (χ2n) is 7.53. The molecule has 8 N–H and O–H groups in total. The van der Waals surface area contributed by atoms with Gasteiger partial charge in [0.2, 0.25) is 0 Å². The first-order valence-electron chi connectivity index (χ1n) is 9.58. The Morgan fingerprint density at radius 3 is 1.75 bits per heavy atom. The number of nitrogen functional groups attached to an aromatic ring is 1. The summed E-state index contributed by atoms with van der Waals surface area (Å²) in [6, 6.07) is 6.36. The van der Waals surface area contributed by atoms with Crippen molar-refractivity contribution in [2.24, 2.45) is 10.8 Å². The molecule has 11 heteroatoms. The molecule has 1 rings (SSSR count). The van der Waals surface area contributed by atoms with Crippen molar-refractivity contribution in [2.75, 3.05) is 58.6 Å². The van der Waals surface area contributed by atoms with E-state index in [-0.39, 0.29) is 31.0 Å². The molecule has 0 heterocycles. The number of esters is 1. The first-order valence-corrected chi connectivity index (χ1v) is 9.58. The number of carboxylic acid groups (broad SMARTS) is 1. The monoisotopic (exact) mass is 459 g/mol. The zero-order valence-corrected chi connectivity index (χ0v) is 18.1. The molecular weight excluding hydrogens is 426 g/mol. The summed E-state index contributed by atoms with van der Waals surface area (Å²) in [6.45, 7) is 1.76. The van der Waals surface area contributed by atoms with Crippen LogP contribution in [0.5, 0.6) is 0 Å². The fourth-order valence-corrected chi connectivity index (χ4v) is 2.08. The summed E-state index contributed by atoms with van der Waals surface area (Å²) in [6.07, 6.45) is 0. The molecule has 0 aliphatic carbocycles. The molecule has 0 atom stereocenters. The highest BCUT2D eigenvalue weighted by molar-refractivity contribution is 5.93. The number of anilines is 1. The Balaban J connectivity index is 0.000000792. The van der Waals surface area contributed by atoms with Gasteiger partial charge in [0.1, 0.15) is 6.61 Å². The normalized spacial score (nSPS) is 11.3. The fourth-order valence-electron chi connectivity index (χ4n) is 2.08. The second kappa shape index (κ2) is 14.5. The zero-order chi connectivity index (χ0) is 24.8. The van der Waals surface area contributed by atoms with Gasteiger partial charge in [-0.3, -0.25) is 0 Å². The summed E-state index contributed by atoms with van der Waals surface area (Å²) >= 11 is 0. The summed E-state index contributed by atoms with van der Waals surface area (Å²) in [5.41, 5.74) is 3.54. The van der Waals surface area contributed by atoms with Crippen molar-refractivity contribution >= 4 is 17.6 Å². The average Bonchev–Trinajstić information content (AvgIpc) is 2.79. The summed E-state index contributed by atoms with van der Waals surface area (Å²) in [7, 11) is 0. The van der Waals surface area contributed by atoms with Crippen molar-refractivity contribution in [1.29, 1.82) is 0 Å². The average molecular weight is 459 g/mol. The van der Waals surface area contributed by atoms with Gasteiger partial charge in [-0.2, -0.15) is 0 Å². The fraction of sp³-hybridized carbons (Fsp3) is 0.524. The molecule has 0 radical (unpaired) electrons. The van der Waals surface area contributed by atoms with Crippen LogP contribution in [0, 0.1) is 10.8 Å². The molecule has 0 saturated carbocycles. The minimum atomic E-state index is -1.22. The first-order chi connectivity index (χ1) is 15.1. The lowest BCUT2D eigenvalue weighted by Crippen LogP contribution is -2.44. The molecule has 0 aliphatic rings. The third kappa shape index (κ3) is 9.30. The summed E-state index contributed by atoms with van der Waals surface area (Å²) in [4.78, 5) is 21.7. The van der Waals surface area contributed by atoms with Crippen LogP contribution in [0.1, 0.15) is 17.3 Å². The largest absolute Gasteiger partial charge is 0.478 e. The number of carbonyl (C=O) groups excluding carboxylic acids is 1. The lowest BCUT2D eigenvalue weighted by molar-refractivity contribution is -0.150. The number of aliphatic hydroxyl groups excluding tert-OH is 5. The number of benzene rings is 1. The van der Waals surface area contributed by atoms with E-state index in [4.69, 9.17) is 20.3 Å². The molecule has 0 amide bonds. The molecule has 32 heavy (non-hydrogen) atoms. The molecule has 0 saturated heterocycles. The maximum absolute atomic E-state index is 11.4. The minimum Gasteiger partial charge on any atom is -0.478 e. The topological polar surface area (TPSA) is 200 Å². The summed E-state index contributed by atoms with van der Waals surface area (Å²) in [5, 5.41) is 54.9. The zero-order valence-electron chi connectivity index (χ0n) is 18.1. The van der Waals surface area contributed by atoms with E-state index in [1.165, 1.54) is 13.0 Å². The maximum Gasteiger partial charge on any atom is 0.337 e. The third-order valence-corrected chi connectivity index (χ3v) is 4.54. The second-order valence-corrected chi connectivity index (χ2v) is 7.53. The lowest BCUT2D eigenvalue weighted by Gasteiger charge is -2.32. The molecule has 0 aromatic heterocycles. The minimum absolute atomic E-state index is 0.155. The van der Waals surface area contributed by atoms with Gasteiger partial charge in [-0.1, -0.05) is 18.7 Å². The number of aromatic carboxylic acids is 1. The Labute approximate surface area is 186 Å². The molecule has 0 spiro atoms. The van der Waals surface area contributed by atoms with Crippen LogP contribution in [0.25, 0.3) is 0 Å². The predicted molar refractivity (Wildman–Crippen MR) is 115 cm³/mol. The Bertz CT molecular complexity index is 721. The smallest absolute Gasteiger partial charge is 0.337 e. The van der Waals surface area contributed by atoms with E-state index in [2.05, 4.69) is 6.58 Å². The van der Waals surface area contributed by atoms with E-state index >= 15 is 0 Å². The van der Waals surface area contributed by atoms with Crippen LogP contribution in [0.2, 0.25) is 0 Å². The van der Waals surface area contributed by atoms with Gasteiger partial charge >= 0.3 is 11.9 Å². The van der Waals surface area contributed by atoms with Crippen LogP contribution in [0.3, 0.4) is 0 Å². The van der Waals surface area contributed by atoms with Crippen LogP contribution >= 0.6 is 0 Å². The van der Waals surface area contributed by atoms with E-state index in [0.717, 1.165) is 0 Å². The van der Waals surface area contributed by atoms with Crippen LogP contribution in [-0.2, 0) is 14.3 Å². The number of carbonyl (C=O) groups is 2. The van der Waals surface area contributed by atoms with Gasteiger partial charge < -0.3 is 45.8 Å². The third-order valence-electron chi connectivity index (χ3n) is 4.54. The molecule has 0 bridgehead atoms. The van der Waals surface area contributed by atoms with Crippen molar-refractivity contribution in [3.05, 3.63) is 42.0 Å². The van der Waals surface area contributed by atoms with Crippen LogP contribution in [0.15, 0.2) is 36.4 Å². The number of para-hydroxylation sites is 1. The van der Waals surface area contributed by atoms with Crippen molar-refractivity contribution in [2.45, 2.75) is 6.92 Å². The number of rotatable bonds is 13. The van der Waals surface area contributed by atoms with Gasteiger partial charge in [-0.25, -0.2) is 9.59 Å². The van der Waals surface area contributed by atoms with Gasteiger partial charge in [0.25, 0.3) is 0 Å². The standard InChI is InChI=1S/C14H26O8.C7H7NO2/c1-11(2)12(20)22-10-14(6-18,7-19)9-21-8-13(3-15,4-16)5-17;8-6-4-2-1-3-5(6)7(9)10/h15-19H,1,3-10H2,2H3;1-4H,8H2,(H,9,10). The quantitative estimate of drug-likeness (QED) is 0.109. The van der Waals surface area contributed by atoms with E-state index in [9.17, 15) is 35.1 Å². The summed E-state index contributed by atoms with van der Waals surface area (Å²) in [5.74, 6) is -1.64. The first kappa shape index (κ1) is 29.5. The Morgan fingerprint density at radius 1 is 0.906 bits per heavy atom. The molecular formula is C21H33NO10. The Kier molecular flexibility index (Phi) is 13.4. The van der Waals surface area contributed by atoms with Gasteiger partial charge in [0, 0.05) is 11.3 Å². The SMILES string of the molecule is C=C(C)C(=O)OCC(CO)(CO)COCC(CO)(CO)CO.Nc1ccccc1C(=O)O. The molecule has 1 aromatic carbocycles. The van der Waals surface area contributed by atoms with Gasteiger partial charge in [0.15, 0.2) is 0 Å². The lowest BCUT2D eigenvalue weighted by atomic mass is 9.90. The number of carboxylic acids is 1. The highest BCUT2D eigenvalue weighted by Gasteiger charge is 2.34. The highest BCUT2D eigenvalue weighted by atomic mass is 16.5. The molecule has 11 nitrogen and oxygen atoms in total. The van der Waals surface area contributed by atoms with Gasteiger partial charge in [-0.15, -0.1) is 0 Å². The maximum atomic E-state index is 11.4. The van der Waals surface area contributed by atoms with Crippen LogP contribution in [0.4, 0.5) is 5.69 Å². The van der Waals surface area contributed by atoms with Crippen molar-refractivity contribution in [1.82, 2.24) is 0 Å². The van der Waals surface area contributed by atoms with Crippen LogP contribution < -0.4 is 5.73 Å².